The summed E-state index contributed by atoms with van der Waals surface area (Å²) in [6.45, 7) is 2.92. The molecule has 0 fully saturated rings. The Morgan fingerprint density at radius 3 is 2.48 bits per heavy atom. The van der Waals surface area contributed by atoms with Crippen LogP contribution >= 0.6 is 11.3 Å². The fourth-order valence-corrected chi connectivity index (χ4v) is 6.48. The van der Waals surface area contributed by atoms with Crippen LogP contribution in [0.2, 0.25) is 0 Å². The minimum absolute atomic E-state index is 0.104. The molecule has 48 heavy (non-hydrogen) atoms. The van der Waals surface area contributed by atoms with Gasteiger partial charge in [0.2, 0.25) is 0 Å². The number of para-hydroxylation sites is 1. The fourth-order valence-electron chi connectivity index (χ4n) is 5.44. The number of fused-ring (bicyclic) bond motifs is 1. The number of hydrogen-bond donors (Lipinski definition) is 0. The Labute approximate surface area is 276 Å². The number of esters is 2. The van der Waals surface area contributed by atoms with E-state index < -0.39 is 28.5 Å². The van der Waals surface area contributed by atoms with E-state index in [1.807, 2.05) is 30.3 Å². The van der Waals surface area contributed by atoms with Crippen molar-refractivity contribution < 1.29 is 28.7 Å². The van der Waals surface area contributed by atoms with Crippen LogP contribution in [0, 0.1) is 10.1 Å². The maximum Gasteiger partial charge on any atom is 0.338 e. The zero-order chi connectivity index (χ0) is 34.1. The highest BCUT2D eigenvalue weighted by Gasteiger charge is 2.34. The highest BCUT2D eigenvalue weighted by atomic mass is 32.1. The maximum atomic E-state index is 14.3. The van der Waals surface area contributed by atoms with Gasteiger partial charge in [-0.1, -0.05) is 47.7 Å². The molecule has 0 saturated heterocycles. The molecular formula is C34H27N5O8S. The molecule has 1 aliphatic rings. The van der Waals surface area contributed by atoms with Crippen LogP contribution in [0.5, 0.6) is 11.5 Å². The Bertz CT molecular complexity index is 2320. The predicted molar refractivity (Wildman–Crippen MR) is 176 cm³/mol. The van der Waals surface area contributed by atoms with Crippen LogP contribution in [0.4, 0.5) is 5.69 Å². The van der Waals surface area contributed by atoms with Gasteiger partial charge in [0.25, 0.3) is 11.2 Å². The molecule has 242 valence electrons. The van der Waals surface area contributed by atoms with E-state index in [1.54, 1.807) is 48.1 Å². The number of thiazole rings is 1. The second-order valence-corrected chi connectivity index (χ2v) is 11.6. The third kappa shape index (κ3) is 5.91. The molecule has 0 bridgehead atoms. The quantitative estimate of drug-likeness (QED) is 0.103. The van der Waals surface area contributed by atoms with Crippen molar-refractivity contribution in [1.82, 2.24) is 14.3 Å². The van der Waals surface area contributed by atoms with Crippen LogP contribution in [0.25, 0.3) is 23.0 Å². The first kappa shape index (κ1) is 31.8. The van der Waals surface area contributed by atoms with Crippen LogP contribution in [0.1, 0.15) is 31.0 Å². The van der Waals surface area contributed by atoms with Crippen molar-refractivity contribution in [3.63, 3.8) is 0 Å². The number of nitro benzene ring substituents is 1. The standard InChI is InChI=1S/C34H27N5O8S/c1-19-29(33(42)46-4)31(22-13-14-26(47-20(2)40)27(16-22)45-3)38-32(41)28(48-34(38)35-19)17-23-18-37(24-10-6-5-7-11-24)36-30(23)21-9-8-12-25(15-21)39(43)44/h5-18,31H,1-4H3/b28-17-/t31-/m1/s1. The van der Waals surface area contributed by atoms with Crippen LogP contribution in [-0.2, 0) is 14.3 Å². The average Bonchev–Trinajstić information content (AvgIpc) is 3.64. The number of rotatable bonds is 8. The van der Waals surface area contributed by atoms with Crippen LogP contribution < -0.4 is 24.4 Å². The number of carbonyl (C=O) groups is 2. The number of nitrogens with zero attached hydrogens (tertiary/aromatic N) is 5. The SMILES string of the molecule is COC(=O)C1=C(C)N=c2s/c(=C\c3cn(-c4ccccc4)nc3-c3cccc([N+](=O)[O-])c3)c(=O)n2[C@@H]1c1ccc(OC(C)=O)c(OC)c1. The lowest BCUT2D eigenvalue weighted by molar-refractivity contribution is -0.384. The summed E-state index contributed by atoms with van der Waals surface area (Å²) in [5.74, 6) is -0.819. The van der Waals surface area contributed by atoms with Gasteiger partial charge in [-0.05, 0) is 42.8 Å². The highest BCUT2D eigenvalue weighted by molar-refractivity contribution is 7.07. The molecule has 3 heterocycles. The minimum atomic E-state index is -0.959. The van der Waals surface area contributed by atoms with E-state index in [-0.39, 0.29) is 27.3 Å². The summed E-state index contributed by atoms with van der Waals surface area (Å²) < 4.78 is 19.2. The van der Waals surface area contributed by atoms with Crippen molar-refractivity contribution in [2.75, 3.05) is 14.2 Å². The molecule has 13 nitrogen and oxygen atoms in total. The number of carbonyl (C=O) groups excluding carboxylic acids is 2. The number of methoxy groups -OCH3 is 2. The smallest absolute Gasteiger partial charge is 0.338 e. The summed E-state index contributed by atoms with van der Waals surface area (Å²) in [6.07, 6.45) is 3.39. The molecule has 5 aromatic rings. The third-order valence-electron chi connectivity index (χ3n) is 7.56. The molecule has 3 aromatic carbocycles. The van der Waals surface area contributed by atoms with Gasteiger partial charge >= 0.3 is 11.9 Å². The molecule has 1 atom stereocenters. The molecule has 1 aliphatic heterocycles. The number of nitro groups is 1. The molecule has 0 radical (unpaired) electrons. The normalized spacial score (nSPS) is 14.2. The van der Waals surface area contributed by atoms with Gasteiger partial charge in [-0.2, -0.15) is 5.10 Å². The van der Waals surface area contributed by atoms with Gasteiger partial charge in [-0.15, -0.1) is 0 Å². The maximum absolute atomic E-state index is 14.3. The van der Waals surface area contributed by atoms with Gasteiger partial charge in [-0.3, -0.25) is 24.3 Å². The van der Waals surface area contributed by atoms with Crippen molar-refractivity contribution in [2.24, 2.45) is 4.99 Å². The van der Waals surface area contributed by atoms with Crippen molar-refractivity contribution >= 4 is 35.0 Å². The summed E-state index contributed by atoms with van der Waals surface area (Å²) in [6, 6.07) is 19.2. The molecule has 0 amide bonds. The lowest BCUT2D eigenvalue weighted by Crippen LogP contribution is -2.39. The second-order valence-electron chi connectivity index (χ2n) is 10.6. The first-order chi connectivity index (χ1) is 23.1. The number of non-ortho nitro benzene ring substituents is 1. The number of hydrogen-bond acceptors (Lipinski definition) is 11. The van der Waals surface area contributed by atoms with E-state index in [2.05, 4.69) is 4.99 Å². The van der Waals surface area contributed by atoms with Crippen LogP contribution in [0.3, 0.4) is 0 Å². The van der Waals surface area contributed by atoms with Crippen molar-refractivity contribution in [3.05, 3.63) is 131 Å². The van der Waals surface area contributed by atoms with Gasteiger partial charge in [-0.25, -0.2) is 14.5 Å². The summed E-state index contributed by atoms with van der Waals surface area (Å²) in [5.41, 5.74) is 2.62. The topological polar surface area (TPSA) is 157 Å². The molecule has 0 aliphatic carbocycles. The zero-order valence-electron chi connectivity index (χ0n) is 26.1. The fraction of sp³-hybridized carbons (Fsp3) is 0.147. The zero-order valence-corrected chi connectivity index (χ0v) is 26.9. The van der Waals surface area contributed by atoms with E-state index in [4.69, 9.17) is 19.3 Å². The van der Waals surface area contributed by atoms with E-state index in [9.17, 15) is 24.5 Å². The van der Waals surface area contributed by atoms with Crippen LogP contribution in [0.15, 0.2) is 100 Å². The number of ether oxygens (including phenoxy) is 3. The van der Waals surface area contributed by atoms with Gasteiger partial charge < -0.3 is 14.2 Å². The average molecular weight is 666 g/mol. The van der Waals surface area contributed by atoms with Gasteiger partial charge in [0.05, 0.1) is 46.7 Å². The lowest BCUT2D eigenvalue weighted by Gasteiger charge is -2.25. The molecule has 2 aromatic heterocycles. The summed E-state index contributed by atoms with van der Waals surface area (Å²) in [4.78, 5) is 55.1. The molecule has 14 heteroatoms. The van der Waals surface area contributed by atoms with Crippen molar-refractivity contribution in [1.29, 1.82) is 0 Å². The highest BCUT2D eigenvalue weighted by Crippen LogP contribution is 2.36. The second kappa shape index (κ2) is 12.9. The Kier molecular flexibility index (Phi) is 8.57. The number of aromatic nitrogens is 3. The largest absolute Gasteiger partial charge is 0.493 e. The Morgan fingerprint density at radius 2 is 1.79 bits per heavy atom. The summed E-state index contributed by atoms with van der Waals surface area (Å²) >= 11 is 1.11. The van der Waals surface area contributed by atoms with E-state index in [1.165, 1.54) is 43.9 Å². The molecule has 0 spiro atoms. The molecule has 0 N–H and O–H groups in total. The minimum Gasteiger partial charge on any atom is -0.493 e. The molecule has 0 saturated carbocycles. The summed E-state index contributed by atoms with van der Waals surface area (Å²) in [7, 11) is 2.66. The van der Waals surface area contributed by atoms with Gasteiger partial charge in [0, 0.05) is 36.4 Å². The molecule has 6 rings (SSSR count). The number of allylic oxidation sites excluding steroid dienone is 1. The summed E-state index contributed by atoms with van der Waals surface area (Å²) in [5, 5.41) is 16.3. The Morgan fingerprint density at radius 1 is 1.02 bits per heavy atom. The Hall–Kier alpha value is -6.15. The van der Waals surface area contributed by atoms with Crippen LogP contribution in [-0.4, -0.2) is 45.4 Å². The van der Waals surface area contributed by atoms with E-state index in [0.29, 0.717) is 32.9 Å². The van der Waals surface area contributed by atoms with Crippen molar-refractivity contribution in [3.8, 4) is 28.4 Å². The van der Waals surface area contributed by atoms with Gasteiger partial charge in [0.1, 0.15) is 5.69 Å². The van der Waals surface area contributed by atoms with E-state index >= 15 is 0 Å². The number of benzene rings is 3. The lowest BCUT2D eigenvalue weighted by atomic mass is 9.95. The van der Waals surface area contributed by atoms with E-state index in [0.717, 1.165) is 17.0 Å². The van der Waals surface area contributed by atoms with Crippen molar-refractivity contribution in [2.45, 2.75) is 19.9 Å². The Balaban J connectivity index is 1.57. The monoisotopic (exact) mass is 665 g/mol. The molecular weight excluding hydrogens is 638 g/mol. The third-order valence-corrected chi connectivity index (χ3v) is 8.55. The molecule has 0 unspecified atom stereocenters. The van der Waals surface area contributed by atoms with Gasteiger partial charge in [0.15, 0.2) is 16.3 Å². The first-order valence-corrected chi connectivity index (χ1v) is 15.3. The first-order valence-electron chi connectivity index (χ1n) is 14.5. The predicted octanol–water partition coefficient (Wildman–Crippen LogP) is 4.10.